The molecule has 0 aliphatic heterocycles. The van der Waals surface area contributed by atoms with Crippen LogP contribution in [0.2, 0.25) is 0 Å². The van der Waals surface area contributed by atoms with Crippen molar-refractivity contribution in [3.8, 4) is 0 Å². The van der Waals surface area contributed by atoms with E-state index in [2.05, 4.69) is 22.9 Å². The number of sulfone groups is 1. The molecule has 0 amide bonds. The Morgan fingerprint density at radius 1 is 1.19 bits per heavy atom. The fourth-order valence-electron chi connectivity index (χ4n) is 1.83. The van der Waals surface area contributed by atoms with Crippen molar-refractivity contribution in [3.05, 3.63) is 0 Å². The van der Waals surface area contributed by atoms with Gasteiger partial charge in [0.1, 0.15) is 0 Å². The first-order valence-electron chi connectivity index (χ1n) is 5.91. The summed E-state index contributed by atoms with van der Waals surface area (Å²) in [6, 6.07) is 0. The van der Waals surface area contributed by atoms with Crippen molar-refractivity contribution in [2.24, 2.45) is 11.3 Å². The second kappa shape index (κ2) is 4.60. The van der Waals surface area contributed by atoms with Crippen molar-refractivity contribution in [2.45, 2.75) is 51.7 Å². The molecule has 1 rings (SSSR count). The number of rotatable bonds is 5. The van der Waals surface area contributed by atoms with Crippen molar-refractivity contribution in [1.29, 1.82) is 0 Å². The SMILES string of the molecule is CC(CBr)(CCS(=O)(=O)C(C)(C)C)C1CC1. The van der Waals surface area contributed by atoms with Crippen molar-refractivity contribution in [3.63, 3.8) is 0 Å². The molecule has 1 unspecified atom stereocenters. The van der Waals surface area contributed by atoms with Crippen LogP contribution in [0.1, 0.15) is 47.0 Å². The van der Waals surface area contributed by atoms with E-state index in [0.29, 0.717) is 5.75 Å². The van der Waals surface area contributed by atoms with Crippen LogP contribution in [0.15, 0.2) is 0 Å². The average molecular weight is 311 g/mol. The summed E-state index contributed by atoms with van der Waals surface area (Å²) >= 11 is 3.54. The van der Waals surface area contributed by atoms with Gasteiger partial charge in [0.25, 0.3) is 0 Å². The lowest BCUT2D eigenvalue weighted by atomic mass is 9.85. The fraction of sp³-hybridized carbons (Fsp3) is 1.00. The van der Waals surface area contributed by atoms with Crippen molar-refractivity contribution in [1.82, 2.24) is 0 Å². The molecule has 0 aromatic heterocycles. The van der Waals surface area contributed by atoms with Gasteiger partial charge in [-0.3, -0.25) is 0 Å². The normalized spacial score (nSPS) is 21.8. The molecule has 0 N–H and O–H groups in total. The number of hydrogen-bond donors (Lipinski definition) is 0. The number of halogens is 1. The molecule has 1 aliphatic rings. The number of alkyl halides is 1. The lowest BCUT2D eigenvalue weighted by Crippen LogP contribution is -2.33. The first-order valence-corrected chi connectivity index (χ1v) is 8.68. The van der Waals surface area contributed by atoms with Gasteiger partial charge in [-0.25, -0.2) is 8.42 Å². The van der Waals surface area contributed by atoms with E-state index < -0.39 is 14.6 Å². The summed E-state index contributed by atoms with van der Waals surface area (Å²) in [5, 5.41) is 0.907. The molecule has 0 radical (unpaired) electrons. The molecule has 1 fully saturated rings. The van der Waals surface area contributed by atoms with Crippen LogP contribution >= 0.6 is 15.9 Å². The van der Waals surface area contributed by atoms with Crippen LogP contribution in [-0.2, 0) is 9.84 Å². The third-order valence-corrected chi connectivity index (χ3v) is 7.63. The Morgan fingerprint density at radius 3 is 2.00 bits per heavy atom. The van der Waals surface area contributed by atoms with Gasteiger partial charge in [0, 0.05) is 5.33 Å². The van der Waals surface area contributed by atoms with Crippen LogP contribution in [-0.4, -0.2) is 24.2 Å². The Bertz CT molecular complexity index is 339. The van der Waals surface area contributed by atoms with E-state index >= 15 is 0 Å². The maximum absolute atomic E-state index is 12.0. The topological polar surface area (TPSA) is 34.1 Å². The average Bonchev–Trinajstić information content (AvgIpc) is 2.96. The van der Waals surface area contributed by atoms with Crippen LogP contribution in [0.25, 0.3) is 0 Å². The van der Waals surface area contributed by atoms with Crippen LogP contribution in [0.3, 0.4) is 0 Å². The van der Waals surface area contributed by atoms with Gasteiger partial charge in [-0.15, -0.1) is 0 Å². The van der Waals surface area contributed by atoms with Gasteiger partial charge < -0.3 is 0 Å². The molecule has 4 heteroatoms. The first-order chi connectivity index (χ1) is 7.12. The van der Waals surface area contributed by atoms with Crippen LogP contribution in [0, 0.1) is 11.3 Å². The summed E-state index contributed by atoms with van der Waals surface area (Å²) in [6.45, 7) is 7.55. The smallest absolute Gasteiger partial charge is 0.155 e. The van der Waals surface area contributed by atoms with Crippen molar-refractivity contribution >= 4 is 25.8 Å². The summed E-state index contributed by atoms with van der Waals surface area (Å²) < 4.78 is 23.5. The quantitative estimate of drug-likeness (QED) is 0.729. The molecule has 0 aromatic carbocycles. The molecule has 0 spiro atoms. The molecule has 0 saturated heterocycles. The Morgan fingerprint density at radius 2 is 1.69 bits per heavy atom. The van der Waals surface area contributed by atoms with Gasteiger partial charge in [-0.2, -0.15) is 0 Å². The van der Waals surface area contributed by atoms with Crippen LogP contribution in [0.5, 0.6) is 0 Å². The highest BCUT2D eigenvalue weighted by Gasteiger charge is 2.42. The van der Waals surface area contributed by atoms with E-state index in [1.54, 1.807) is 20.8 Å². The highest BCUT2D eigenvalue weighted by Crippen LogP contribution is 2.48. The molecule has 16 heavy (non-hydrogen) atoms. The molecular weight excluding hydrogens is 288 g/mol. The zero-order valence-electron chi connectivity index (χ0n) is 10.7. The molecular formula is C12H23BrO2S. The monoisotopic (exact) mass is 310 g/mol. The minimum absolute atomic E-state index is 0.165. The van der Waals surface area contributed by atoms with Gasteiger partial charge >= 0.3 is 0 Å². The number of hydrogen-bond acceptors (Lipinski definition) is 2. The van der Waals surface area contributed by atoms with Gasteiger partial charge in [0.05, 0.1) is 10.5 Å². The zero-order valence-corrected chi connectivity index (χ0v) is 13.1. The van der Waals surface area contributed by atoms with E-state index in [0.717, 1.165) is 17.7 Å². The maximum atomic E-state index is 12.0. The Balaban J connectivity index is 2.63. The van der Waals surface area contributed by atoms with E-state index in [1.165, 1.54) is 12.8 Å². The molecule has 1 atom stereocenters. The lowest BCUT2D eigenvalue weighted by molar-refractivity contribution is 0.308. The van der Waals surface area contributed by atoms with Crippen LogP contribution in [0.4, 0.5) is 0 Å². The van der Waals surface area contributed by atoms with E-state index in [1.807, 2.05) is 0 Å². The predicted molar refractivity (Wildman–Crippen MR) is 72.8 cm³/mol. The van der Waals surface area contributed by atoms with E-state index in [9.17, 15) is 8.42 Å². The van der Waals surface area contributed by atoms with Gasteiger partial charge in [0.15, 0.2) is 9.84 Å². The fourth-order valence-corrected chi connectivity index (χ4v) is 3.92. The van der Waals surface area contributed by atoms with Crippen molar-refractivity contribution in [2.75, 3.05) is 11.1 Å². The zero-order chi connectivity index (χ0) is 12.6. The first kappa shape index (κ1) is 14.5. The molecule has 0 aromatic rings. The second-order valence-electron chi connectivity index (χ2n) is 6.24. The highest BCUT2D eigenvalue weighted by atomic mass is 79.9. The lowest BCUT2D eigenvalue weighted by Gasteiger charge is -2.29. The Labute approximate surface area is 108 Å². The molecule has 96 valence electrons. The highest BCUT2D eigenvalue weighted by molar-refractivity contribution is 9.09. The van der Waals surface area contributed by atoms with Gasteiger partial charge in [-0.1, -0.05) is 22.9 Å². The summed E-state index contributed by atoms with van der Waals surface area (Å²) in [6.07, 6.45) is 3.30. The minimum atomic E-state index is -2.97. The van der Waals surface area contributed by atoms with E-state index in [-0.39, 0.29) is 5.41 Å². The Kier molecular flexibility index (Phi) is 4.17. The Hall–Kier alpha value is 0.430. The third kappa shape index (κ3) is 3.22. The minimum Gasteiger partial charge on any atom is -0.228 e. The molecule has 2 nitrogen and oxygen atoms in total. The molecule has 0 bridgehead atoms. The maximum Gasteiger partial charge on any atom is 0.155 e. The predicted octanol–water partition coefficient (Wildman–Crippen LogP) is 3.40. The third-order valence-electron chi connectivity index (χ3n) is 3.74. The van der Waals surface area contributed by atoms with Crippen molar-refractivity contribution < 1.29 is 8.42 Å². The van der Waals surface area contributed by atoms with E-state index in [4.69, 9.17) is 0 Å². The van der Waals surface area contributed by atoms with Gasteiger partial charge in [-0.05, 0) is 51.4 Å². The summed E-state index contributed by atoms with van der Waals surface area (Å²) in [7, 11) is -2.97. The van der Waals surface area contributed by atoms with Crippen LogP contribution < -0.4 is 0 Å². The molecule has 1 aliphatic carbocycles. The summed E-state index contributed by atoms with van der Waals surface area (Å²) in [5.74, 6) is 1.04. The summed E-state index contributed by atoms with van der Waals surface area (Å²) in [4.78, 5) is 0. The molecule has 1 saturated carbocycles. The van der Waals surface area contributed by atoms with Gasteiger partial charge in [0.2, 0.25) is 0 Å². The largest absolute Gasteiger partial charge is 0.228 e. The second-order valence-corrected chi connectivity index (χ2v) is 9.67. The summed E-state index contributed by atoms with van der Waals surface area (Å²) in [5.41, 5.74) is 0.165. The standard InChI is InChI=1S/C12H23BrO2S/c1-11(2,3)16(14,15)8-7-12(4,9-13)10-5-6-10/h10H,5-9H2,1-4H3. The molecule has 0 heterocycles.